The molecule has 2 N–H and O–H groups in total. The van der Waals surface area contributed by atoms with Gasteiger partial charge in [0.25, 0.3) is 0 Å². The number of hydrogen-bond acceptors (Lipinski definition) is 6. The average Bonchev–Trinajstić information content (AvgIpc) is 3.15. The predicted molar refractivity (Wildman–Crippen MR) is 103 cm³/mol. The van der Waals surface area contributed by atoms with Crippen LogP contribution in [0.2, 0.25) is 0 Å². The van der Waals surface area contributed by atoms with Crippen LogP contribution in [0.1, 0.15) is 43.9 Å². The predicted octanol–water partition coefficient (Wildman–Crippen LogP) is 1.28. The van der Waals surface area contributed by atoms with Gasteiger partial charge in [0, 0.05) is 25.1 Å². The molecule has 1 aliphatic heterocycles. The molecule has 8 heteroatoms. The zero-order valence-electron chi connectivity index (χ0n) is 16.3. The first kappa shape index (κ1) is 20.4. The highest BCUT2D eigenvalue weighted by Gasteiger charge is 2.31. The van der Waals surface area contributed by atoms with E-state index in [1.54, 1.807) is 12.4 Å². The number of amides is 1. The first-order valence-corrected chi connectivity index (χ1v) is 10.0. The molecule has 1 aliphatic rings. The summed E-state index contributed by atoms with van der Waals surface area (Å²) in [5.41, 5.74) is 1.88. The summed E-state index contributed by atoms with van der Waals surface area (Å²) in [7, 11) is 0. The standard InChI is InChI=1S/C20H29N5O3/c1-2-4-16-13-25(24-23-16)10-8-17-6-7-18(19(14-26)28-17)22-20(27)11-15-5-3-9-21-12-15/h3,5,9,12-13,17-19,26H,2,4,6-8,10-11,14H2,1H3,(H,22,27)/t17-,18-,19+/m1/s1. The van der Waals surface area contributed by atoms with Gasteiger partial charge < -0.3 is 15.2 Å². The van der Waals surface area contributed by atoms with Gasteiger partial charge in [0.05, 0.1) is 30.9 Å². The van der Waals surface area contributed by atoms with Crippen molar-refractivity contribution in [2.45, 2.75) is 70.2 Å². The molecule has 0 unspecified atom stereocenters. The highest BCUT2D eigenvalue weighted by Crippen LogP contribution is 2.22. The average molecular weight is 387 g/mol. The fourth-order valence-corrected chi connectivity index (χ4v) is 3.55. The second kappa shape index (κ2) is 10.3. The van der Waals surface area contributed by atoms with Gasteiger partial charge in [0.2, 0.25) is 5.91 Å². The Hall–Kier alpha value is -2.32. The Morgan fingerprint density at radius 1 is 1.43 bits per heavy atom. The number of aliphatic hydroxyl groups is 1. The van der Waals surface area contributed by atoms with Crippen LogP contribution in [0.15, 0.2) is 30.7 Å². The molecular weight excluding hydrogens is 358 g/mol. The van der Waals surface area contributed by atoms with Crippen molar-refractivity contribution in [1.29, 1.82) is 0 Å². The van der Waals surface area contributed by atoms with Crippen LogP contribution in [0.3, 0.4) is 0 Å². The second-order valence-corrected chi connectivity index (χ2v) is 7.28. The van der Waals surface area contributed by atoms with Crippen LogP contribution >= 0.6 is 0 Å². The molecule has 1 saturated heterocycles. The third kappa shape index (κ3) is 5.84. The van der Waals surface area contributed by atoms with Gasteiger partial charge >= 0.3 is 0 Å². The first-order valence-electron chi connectivity index (χ1n) is 10.0. The van der Waals surface area contributed by atoms with E-state index in [9.17, 15) is 9.90 Å². The molecule has 0 radical (unpaired) electrons. The molecule has 0 saturated carbocycles. The number of nitrogens with zero attached hydrogens (tertiary/aromatic N) is 4. The topological polar surface area (TPSA) is 102 Å². The summed E-state index contributed by atoms with van der Waals surface area (Å²) in [5.74, 6) is -0.0791. The molecule has 8 nitrogen and oxygen atoms in total. The zero-order valence-corrected chi connectivity index (χ0v) is 16.3. The molecule has 0 bridgehead atoms. The molecule has 1 fully saturated rings. The number of nitrogens with one attached hydrogen (secondary N) is 1. The van der Waals surface area contributed by atoms with Gasteiger partial charge in [-0.25, -0.2) is 0 Å². The van der Waals surface area contributed by atoms with E-state index >= 15 is 0 Å². The summed E-state index contributed by atoms with van der Waals surface area (Å²) >= 11 is 0. The van der Waals surface area contributed by atoms with E-state index in [-0.39, 0.29) is 37.2 Å². The Morgan fingerprint density at radius 3 is 3.07 bits per heavy atom. The summed E-state index contributed by atoms with van der Waals surface area (Å²) in [6, 6.07) is 3.51. The molecule has 2 aromatic heterocycles. The number of pyridine rings is 1. The molecule has 3 atom stereocenters. The van der Waals surface area contributed by atoms with E-state index in [2.05, 4.69) is 27.5 Å². The van der Waals surface area contributed by atoms with Gasteiger partial charge in [-0.3, -0.25) is 14.5 Å². The smallest absolute Gasteiger partial charge is 0.224 e. The minimum Gasteiger partial charge on any atom is -0.394 e. The monoisotopic (exact) mass is 387 g/mol. The van der Waals surface area contributed by atoms with Crippen molar-refractivity contribution in [3.8, 4) is 0 Å². The van der Waals surface area contributed by atoms with Gasteiger partial charge in [-0.1, -0.05) is 24.6 Å². The number of rotatable bonds is 9. The zero-order chi connectivity index (χ0) is 19.8. The molecule has 0 aromatic carbocycles. The number of carbonyl (C=O) groups is 1. The van der Waals surface area contributed by atoms with Crippen LogP contribution in [0.25, 0.3) is 0 Å². The van der Waals surface area contributed by atoms with Crippen molar-refractivity contribution in [2.24, 2.45) is 0 Å². The van der Waals surface area contributed by atoms with E-state index in [4.69, 9.17) is 4.74 Å². The number of ether oxygens (including phenoxy) is 1. The maximum atomic E-state index is 12.3. The van der Waals surface area contributed by atoms with Crippen LogP contribution in [-0.2, 0) is 28.9 Å². The third-order valence-corrected chi connectivity index (χ3v) is 5.00. The highest BCUT2D eigenvalue weighted by molar-refractivity contribution is 5.78. The van der Waals surface area contributed by atoms with E-state index in [1.165, 1.54) is 0 Å². The number of aryl methyl sites for hydroxylation is 2. The summed E-state index contributed by atoms with van der Waals surface area (Å²) in [6.07, 6.45) is 9.71. The summed E-state index contributed by atoms with van der Waals surface area (Å²) in [6.45, 7) is 2.74. The third-order valence-electron chi connectivity index (χ3n) is 5.00. The van der Waals surface area contributed by atoms with E-state index in [1.807, 2.05) is 23.0 Å². The van der Waals surface area contributed by atoms with Crippen molar-refractivity contribution >= 4 is 5.91 Å². The lowest BCUT2D eigenvalue weighted by molar-refractivity contribution is -0.128. The molecule has 2 aromatic rings. The van der Waals surface area contributed by atoms with E-state index in [0.29, 0.717) is 0 Å². The van der Waals surface area contributed by atoms with Crippen LogP contribution in [0, 0.1) is 0 Å². The molecule has 0 spiro atoms. The van der Waals surface area contributed by atoms with Crippen LogP contribution in [0.4, 0.5) is 0 Å². The molecule has 1 amide bonds. The Labute approximate surface area is 165 Å². The first-order chi connectivity index (χ1) is 13.7. The van der Waals surface area contributed by atoms with E-state index < -0.39 is 0 Å². The summed E-state index contributed by atoms with van der Waals surface area (Å²) in [5, 5.41) is 21.0. The SMILES string of the molecule is CCCc1cn(CC[C@H]2CC[C@@H](NC(=O)Cc3cccnc3)[C@H](CO)O2)nn1. The lowest BCUT2D eigenvalue weighted by Gasteiger charge is -2.36. The Morgan fingerprint density at radius 2 is 2.32 bits per heavy atom. The van der Waals surface area contributed by atoms with Crippen LogP contribution in [0.5, 0.6) is 0 Å². The lowest BCUT2D eigenvalue weighted by Crippen LogP contribution is -2.51. The Kier molecular flexibility index (Phi) is 7.50. The van der Waals surface area contributed by atoms with Gasteiger partial charge in [0.1, 0.15) is 6.10 Å². The van der Waals surface area contributed by atoms with Crippen LogP contribution < -0.4 is 5.32 Å². The van der Waals surface area contributed by atoms with Gasteiger partial charge in [0.15, 0.2) is 0 Å². The maximum Gasteiger partial charge on any atom is 0.224 e. The fraction of sp³-hybridized carbons (Fsp3) is 0.600. The lowest BCUT2D eigenvalue weighted by atomic mass is 9.97. The van der Waals surface area contributed by atoms with Crippen molar-refractivity contribution in [1.82, 2.24) is 25.3 Å². The van der Waals surface area contributed by atoms with Crippen LogP contribution in [-0.4, -0.2) is 55.8 Å². The van der Waals surface area contributed by atoms with Crippen molar-refractivity contribution in [3.05, 3.63) is 42.0 Å². The van der Waals surface area contributed by atoms with Crippen molar-refractivity contribution in [3.63, 3.8) is 0 Å². The molecule has 3 rings (SSSR count). The molecule has 0 aliphatic carbocycles. The molecular formula is C20H29N5O3. The van der Waals surface area contributed by atoms with Gasteiger partial charge in [-0.2, -0.15) is 0 Å². The van der Waals surface area contributed by atoms with Gasteiger partial charge in [-0.05, 0) is 37.3 Å². The summed E-state index contributed by atoms with van der Waals surface area (Å²) in [4.78, 5) is 16.3. The largest absolute Gasteiger partial charge is 0.394 e. The second-order valence-electron chi connectivity index (χ2n) is 7.28. The Balaban J connectivity index is 1.45. The minimum atomic E-state index is -0.386. The quantitative estimate of drug-likeness (QED) is 0.672. The van der Waals surface area contributed by atoms with E-state index in [0.717, 1.165) is 49.9 Å². The van der Waals surface area contributed by atoms with Crippen molar-refractivity contribution < 1.29 is 14.6 Å². The number of hydrogen-bond donors (Lipinski definition) is 2. The molecule has 152 valence electrons. The maximum absolute atomic E-state index is 12.3. The van der Waals surface area contributed by atoms with Crippen molar-refractivity contribution in [2.75, 3.05) is 6.61 Å². The normalized spacial score (nSPS) is 22.1. The number of aromatic nitrogens is 4. The molecule has 28 heavy (non-hydrogen) atoms. The number of aliphatic hydroxyl groups excluding tert-OH is 1. The summed E-state index contributed by atoms with van der Waals surface area (Å²) < 4.78 is 7.89. The fourth-order valence-electron chi connectivity index (χ4n) is 3.55. The number of carbonyl (C=O) groups excluding carboxylic acids is 1. The van der Waals surface area contributed by atoms with Gasteiger partial charge in [-0.15, -0.1) is 5.10 Å². The highest BCUT2D eigenvalue weighted by atomic mass is 16.5. The Bertz CT molecular complexity index is 736. The molecule has 3 heterocycles. The minimum absolute atomic E-state index is 0.0439.